The van der Waals surface area contributed by atoms with Gasteiger partial charge in [-0.15, -0.1) is 24.0 Å². The number of benzene rings is 1. The molecule has 1 fully saturated rings. The van der Waals surface area contributed by atoms with Crippen LogP contribution in [-0.2, 0) is 0 Å². The summed E-state index contributed by atoms with van der Waals surface area (Å²) in [6, 6.07) is 7.32. The van der Waals surface area contributed by atoms with Crippen molar-refractivity contribution in [2.45, 2.75) is 12.6 Å². The van der Waals surface area contributed by atoms with Crippen LogP contribution in [-0.4, -0.2) is 70.5 Å². The van der Waals surface area contributed by atoms with E-state index in [2.05, 4.69) is 15.6 Å². The van der Waals surface area contributed by atoms with Crippen LogP contribution in [0.4, 0.5) is 13.2 Å². The number of hydrogen-bond acceptors (Lipinski definition) is 4. The summed E-state index contributed by atoms with van der Waals surface area (Å²) >= 11 is 0. The Morgan fingerprint density at radius 3 is 2.50 bits per heavy atom. The molecule has 0 aliphatic carbocycles. The van der Waals surface area contributed by atoms with Crippen molar-refractivity contribution >= 4 is 29.9 Å². The molecule has 1 atom stereocenters. The Kier molecular flexibility index (Phi) is 10.7. The largest absolute Gasteiger partial charge is 0.497 e. The van der Waals surface area contributed by atoms with E-state index in [-0.39, 0.29) is 29.9 Å². The maximum Gasteiger partial charge on any atom is 0.401 e. The van der Waals surface area contributed by atoms with E-state index in [0.717, 1.165) is 17.9 Å². The summed E-state index contributed by atoms with van der Waals surface area (Å²) in [7, 11) is 3.27. The molecular weight excluding hydrogens is 488 g/mol. The van der Waals surface area contributed by atoms with E-state index < -0.39 is 12.7 Å². The zero-order valence-corrected chi connectivity index (χ0v) is 18.4. The Morgan fingerprint density at radius 1 is 1.21 bits per heavy atom. The van der Waals surface area contributed by atoms with Gasteiger partial charge < -0.3 is 20.1 Å². The molecule has 28 heavy (non-hydrogen) atoms. The highest BCUT2D eigenvalue weighted by Crippen LogP contribution is 2.22. The van der Waals surface area contributed by atoms with Gasteiger partial charge in [0.15, 0.2) is 5.96 Å². The number of nitrogens with zero attached hydrogens (tertiary/aromatic N) is 2. The number of nitrogens with one attached hydrogen (secondary N) is 2. The fourth-order valence-corrected chi connectivity index (χ4v) is 2.95. The van der Waals surface area contributed by atoms with Gasteiger partial charge in [0.2, 0.25) is 0 Å². The minimum absolute atomic E-state index is 0. The summed E-state index contributed by atoms with van der Waals surface area (Å²) in [6.07, 6.45) is -3.38. The third kappa shape index (κ3) is 9.18. The summed E-state index contributed by atoms with van der Waals surface area (Å²) in [6.45, 7) is 1.69. The van der Waals surface area contributed by atoms with Gasteiger partial charge in [-0.3, -0.25) is 9.89 Å². The second kappa shape index (κ2) is 12.2. The lowest BCUT2D eigenvalue weighted by atomic mass is 10.1. The molecule has 0 spiro atoms. The first-order valence-electron chi connectivity index (χ1n) is 8.90. The van der Waals surface area contributed by atoms with Crippen LogP contribution in [0.25, 0.3) is 0 Å². The smallest absolute Gasteiger partial charge is 0.401 e. The van der Waals surface area contributed by atoms with Crippen molar-refractivity contribution in [1.29, 1.82) is 0 Å². The molecule has 2 N–H and O–H groups in total. The highest BCUT2D eigenvalue weighted by atomic mass is 127. The molecule has 10 heteroatoms. The van der Waals surface area contributed by atoms with Crippen molar-refractivity contribution in [3.8, 4) is 11.5 Å². The number of hydrogen-bond donors (Lipinski definition) is 2. The molecular formula is C18H28F3IN4O2. The molecule has 1 unspecified atom stereocenters. The minimum Gasteiger partial charge on any atom is -0.497 e. The van der Waals surface area contributed by atoms with E-state index in [0.29, 0.717) is 38.7 Å². The van der Waals surface area contributed by atoms with Gasteiger partial charge in [0.1, 0.15) is 18.1 Å². The average Bonchev–Trinajstić information content (AvgIpc) is 3.07. The standard InChI is InChI=1S/C18H27F3N4O2.HI/c1-22-17(23-8-10-27-16-5-3-15(26-2)4-6-16)24-11-14-7-9-25(12-14)13-18(19,20)21;/h3-6,14H,7-13H2,1-2H3,(H2,22,23,24);1H. The first-order valence-corrected chi connectivity index (χ1v) is 8.90. The van der Waals surface area contributed by atoms with E-state index in [4.69, 9.17) is 9.47 Å². The molecule has 1 aromatic carbocycles. The van der Waals surface area contributed by atoms with Crippen LogP contribution in [0, 0.1) is 5.92 Å². The minimum atomic E-state index is -4.14. The van der Waals surface area contributed by atoms with Crippen LogP contribution < -0.4 is 20.1 Å². The summed E-state index contributed by atoms with van der Waals surface area (Å²) in [5, 5.41) is 6.30. The Bertz CT molecular complexity index is 599. The van der Waals surface area contributed by atoms with E-state index in [9.17, 15) is 13.2 Å². The van der Waals surface area contributed by atoms with E-state index in [1.807, 2.05) is 24.3 Å². The van der Waals surface area contributed by atoms with Crippen molar-refractivity contribution in [1.82, 2.24) is 15.5 Å². The molecule has 2 rings (SSSR count). The van der Waals surface area contributed by atoms with Gasteiger partial charge in [-0.2, -0.15) is 13.2 Å². The first-order chi connectivity index (χ1) is 12.9. The maximum absolute atomic E-state index is 12.4. The van der Waals surface area contributed by atoms with Crippen LogP contribution in [0.15, 0.2) is 29.3 Å². The number of guanidine groups is 1. The highest BCUT2D eigenvalue weighted by molar-refractivity contribution is 14.0. The zero-order valence-electron chi connectivity index (χ0n) is 16.1. The highest BCUT2D eigenvalue weighted by Gasteiger charge is 2.34. The number of aliphatic imine (C=N–C) groups is 1. The second-order valence-corrected chi connectivity index (χ2v) is 6.41. The van der Waals surface area contributed by atoms with Crippen LogP contribution in [0.1, 0.15) is 6.42 Å². The Hall–Kier alpha value is -1.43. The zero-order chi connectivity index (χ0) is 19.7. The Balaban J connectivity index is 0.00000392. The van der Waals surface area contributed by atoms with Crippen molar-refractivity contribution in [3.05, 3.63) is 24.3 Å². The van der Waals surface area contributed by atoms with Gasteiger partial charge >= 0.3 is 6.18 Å². The number of ether oxygens (including phenoxy) is 2. The third-order valence-corrected chi connectivity index (χ3v) is 4.28. The number of methoxy groups -OCH3 is 1. The Labute approximate surface area is 180 Å². The molecule has 0 bridgehead atoms. The molecule has 0 radical (unpaired) electrons. The van der Waals surface area contributed by atoms with Gasteiger partial charge in [0, 0.05) is 20.1 Å². The monoisotopic (exact) mass is 516 g/mol. The van der Waals surface area contributed by atoms with E-state index in [1.165, 1.54) is 4.90 Å². The normalized spacial score (nSPS) is 17.8. The summed E-state index contributed by atoms with van der Waals surface area (Å²) in [4.78, 5) is 5.57. The lowest BCUT2D eigenvalue weighted by molar-refractivity contribution is -0.143. The molecule has 1 heterocycles. The average molecular weight is 516 g/mol. The molecule has 160 valence electrons. The predicted molar refractivity (Wildman–Crippen MR) is 114 cm³/mol. The fraction of sp³-hybridized carbons (Fsp3) is 0.611. The van der Waals surface area contributed by atoms with Crippen molar-refractivity contribution < 1.29 is 22.6 Å². The van der Waals surface area contributed by atoms with Gasteiger partial charge in [0.05, 0.1) is 20.2 Å². The van der Waals surface area contributed by atoms with E-state index in [1.54, 1.807) is 14.2 Å². The van der Waals surface area contributed by atoms with Gasteiger partial charge in [-0.1, -0.05) is 0 Å². The topological polar surface area (TPSA) is 58.1 Å². The summed E-state index contributed by atoms with van der Waals surface area (Å²) in [5.74, 6) is 2.31. The van der Waals surface area contributed by atoms with E-state index >= 15 is 0 Å². The molecule has 1 saturated heterocycles. The van der Waals surface area contributed by atoms with Crippen molar-refractivity contribution in [2.75, 3.05) is 53.5 Å². The maximum atomic E-state index is 12.4. The Morgan fingerprint density at radius 2 is 1.89 bits per heavy atom. The van der Waals surface area contributed by atoms with Crippen LogP contribution in [0.2, 0.25) is 0 Å². The van der Waals surface area contributed by atoms with Crippen molar-refractivity contribution in [3.63, 3.8) is 0 Å². The molecule has 1 aromatic rings. The number of alkyl halides is 3. The summed E-state index contributed by atoms with van der Waals surface area (Å²) < 4.78 is 48.0. The molecule has 0 aromatic heterocycles. The SMILES string of the molecule is CN=C(NCCOc1ccc(OC)cc1)NCC1CCN(CC(F)(F)F)C1.I. The molecule has 0 amide bonds. The van der Waals surface area contributed by atoms with Gasteiger partial charge in [-0.25, -0.2) is 0 Å². The third-order valence-electron chi connectivity index (χ3n) is 4.28. The molecule has 1 aliphatic heterocycles. The predicted octanol–water partition coefficient (Wildman–Crippen LogP) is 2.74. The number of likely N-dealkylation sites (tertiary alicyclic amines) is 1. The molecule has 6 nitrogen and oxygen atoms in total. The van der Waals surface area contributed by atoms with Crippen molar-refractivity contribution in [2.24, 2.45) is 10.9 Å². The quantitative estimate of drug-likeness (QED) is 0.241. The van der Waals surface area contributed by atoms with Crippen LogP contribution >= 0.6 is 24.0 Å². The fourth-order valence-electron chi connectivity index (χ4n) is 2.95. The number of rotatable bonds is 8. The first kappa shape index (κ1) is 24.6. The number of halogens is 4. The summed E-state index contributed by atoms with van der Waals surface area (Å²) in [5.41, 5.74) is 0. The van der Waals surface area contributed by atoms with Gasteiger partial charge in [-0.05, 0) is 43.1 Å². The lowest BCUT2D eigenvalue weighted by Gasteiger charge is -2.18. The molecule has 0 saturated carbocycles. The molecule has 1 aliphatic rings. The van der Waals surface area contributed by atoms with Crippen LogP contribution in [0.3, 0.4) is 0 Å². The van der Waals surface area contributed by atoms with Gasteiger partial charge in [0.25, 0.3) is 0 Å². The second-order valence-electron chi connectivity index (χ2n) is 6.41. The lowest BCUT2D eigenvalue weighted by Crippen LogP contribution is -2.42. The van der Waals surface area contributed by atoms with Crippen LogP contribution in [0.5, 0.6) is 11.5 Å².